The van der Waals surface area contributed by atoms with Gasteiger partial charge in [-0.05, 0) is 91.5 Å². The van der Waals surface area contributed by atoms with E-state index in [2.05, 4.69) is 124 Å². The number of benzene rings is 3. The Labute approximate surface area is 302 Å². The first kappa shape index (κ1) is 44.7. The lowest BCUT2D eigenvalue weighted by Gasteiger charge is -2.31. The first-order valence-corrected chi connectivity index (χ1v) is 18.3. The standard InChI is InChI=1S/C21H24OS.C12H17ClN2.C5H13N.2C2H2/c1-3-4-11-21(23-2)15-19-9-5-7-17(13-19)12-18-8-6-10-20(14-18)16-22;1-10-8-15(6-5-14-10)9-11-3-2-4-12(13)7-11;1-4-6(3)5-2;2*1-2/h5-11,13-14,16H,3-4,12,15H2,1-2H3;2-4,7,10,14H,5-6,8-9H2,1H3;4-5H2,1-3H3;2*1-2H. The van der Waals surface area contributed by atoms with Crippen LogP contribution in [0.2, 0.25) is 5.02 Å². The lowest BCUT2D eigenvalue weighted by Crippen LogP contribution is -2.48. The highest BCUT2D eigenvalue weighted by Gasteiger charge is 2.15. The summed E-state index contributed by atoms with van der Waals surface area (Å²) in [6, 6.07) is 25.3. The van der Waals surface area contributed by atoms with Gasteiger partial charge in [0.25, 0.3) is 0 Å². The third-order valence-corrected chi connectivity index (χ3v) is 8.69. The van der Waals surface area contributed by atoms with Crippen LogP contribution in [-0.2, 0) is 19.4 Å². The molecule has 0 bridgehead atoms. The highest BCUT2D eigenvalue weighted by atomic mass is 35.5. The Kier molecular flexibility index (Phi) is 26.7. The molecule has 0 saturated carbocycles. The van der Waals surface area contributed by atoms with Crippen LogP contribution in [0.4, 0.5) is 0 Å². The zero-order valence-electron chi connectivity index (χ0n) is 30.1. The average molecular weight is 688 g/mol. The molecule has 1 N–H and O–H groups in total. The van der Waals surface area contributed by atoms with Gasteiger partial charge in [0.05, 0.1) is 0 Å². The quantitative estimate of drug-likeness (QED) is 0.152. The number of thioether (sulfide) groups is 1. The highest BCUT2D eigenvalue weighted by molar-refractivity contribution is 8.02. The molecule has 1 aliphatic heterocycles. The third kappa shape index (κ3) is 20.2. The predicted octanol–water partition coefficient (Wildman–Crippen LogP) is 9.27. The van der Waals surface area contributed by atoms with Gasteiger partial charge < -0.3 is 10.2 Å². The lowest BCUT2D eigenvalue weighted by molar-refractivity contribution is 0.112. The van der Waals surface area contributed by atoms with Gasteiger partial charge in [-0.15, -0.1) is 37.5 Å². The average Bonchev–Trinajstić information content (AvgIpc) is 3.12. The Bertz CT molecular complexity index is 1340. The second kappa shape index (κ2) is 28.7. The number of rotatable bonds is 12. The fourth-order valence-corrected chi connectivity index (χ4v) is 5.68. The number of terminal acetylenes is 2. The third-order valence-electron chi connectivity index (χ3n) is 7.62. The zero-order valence-corrected chi connectivity index (χ0v) is 31.7. The molecule has 0 spiro atoms. The maximum absolute atomic E-state index is 10.9. The minimum Gasteiger partial charge on any atom is -0.312 e. The van der Waals surface area contributed by atoms with Crippen LogP contribution in [0.3, 0.4) is 0 Å². The number of carbonyl (C=O) groups excluding carboxylic acids is 1. The second-order valence-corrected chi connectivity index (χ2v) is 12.8. The summed E-state index contributed by atoms with van der Waals surface area (Å²) in [5.41, 5.74) is 5.87. The minimum absolute atomic E-state index is 0.595. The molecule has 3 aromatic rings. The Hall–Kier alpha value is -3.29. The molecular formula is C42H58ClN3OS. The van der Waals surface area contributed by atoms with Crippen LogP contribution in [0, 0.1) is 25.7 Å². The van der Waals surface area contributed by atoms with Gasteiger partial charge in [-0.3, -0.25) is 9.69 Å². The Morgan fingerprint density at radius 2 is 1.54 bits per heavy atom. The largest absolute Gasteiger partial charge is 0.312 e. The summed E-state index contributed by atoms with van der Waals surface area (Å²) in [6.07, 6.45) is 25.6. The normalized spacial score (nSPS) is 14.0. The van der Waals surface area contributed by atoms with Crippen molar-refractivity contribution in [3.8, 4) is 25.7 Å². The molecule has 4 nitrogen and oxygen atoms in total. The van der Waals surface area contributed by atoms with Crippen LogP contribution in [0.5, 0.6) is 0 Å². The molecule has 3 aromatic carbocycles. The number of aldehydes is 1. The molecule has 1 fully saturated rings. The van der Waals surface area contributed by atoms with Crippen molar-refractivity contribution in [3.05, 3.63) is 117 Å². The number of carbonyl (C=O) groups is 1. The fraction of sp³-hybridized carbons (Fsp3) is 0.405. The van der Waals surface area contributed by atoms with Gasteiger partial charge in [-0.25, -0.2) is 0 Å². The molecule has 0 amide bonds. The molecular weight excluding hydrogens is 630 g/mol. The van der Waals surface area contributed by atoms with Gasteiger partial charge in [0.1, 0.15) is 6.29 Å². The van der Waals surface area contributed by atoms with E-state index < -0.39 is 0 Å². The first-order chi connectivity index (χ1) is 23.3. The highest BCUT2D eigenvalue weighted by Crippen LogP contribution is 2.21. The second-order valence-electron chi connectivity index (χ2n) is 11.4. The molecule has 1 heterocycles. The van der Waals surface area contributed by atoms with E-state index in [1.165, 1.54) is 33.6 Å². The molecule has 1 aliphatic rings. The van der Waals surface area contributed by atoms with E-state index in [0.29, 0.717) is 6.04 Å². The number of hydrogen-bond donors (Lipinski definition) is 1. The predicted molar refractivity (Wildman–Crippen MR) is 214 cm³/mol. The van der Waals surface area contributed by atoms with E-state index in [4.69, 9.17) is 11.6 Å². The molecule has 1 atom stereocenters. The van der Waals surface area contributed by atoms with Crippen molar-refractivity contribution in [1.29, 1.82) is 0 Å². The van der Waals surface area contributed by atoms with Gasteiger partial charge in [0, 0.05) is 49.2 Å². The molecule has 0 aliphatic carbocycles. The van der Waals surface area contributed by atoms with Crippen molar-refractivity contribution < 1.29 is 4.79 Å². The molecule has 48 heavy (non-hydrogen) atoms. The summed E-state index contributed by atoms with van der Waals surface area (Å²) in [5.74, 6) is 0. The molecule has 0 aromatic heterocycles. The van der Waals surface area contributed by atoms with Crippen LogP contribution in [0.15, 0.2) is 83.8 Å². The summed E-state index contributed by atoms with van der Waals surface area (Å²) in [4.78, 5) is 17.0. The summed E-state index contributed by atoms with van der Waals surface area (Å²) in [5, 5.41) is 4.27. The van der Waals surface area contributed by atoms with Crippen LogP contribution in [0.25, 0.3) is 0 Å². The Balaban J connectivity index is 0.000000755. The summed E-state index contributed by atoms with van der Waals surface area (Å²) >= 11 is 7.80. The van der Waals surface area contributed by atoms with Crippen LogP contribution in [0.1, 0.15) is 73.1 Å². The number of halogens is 1. The number of hydrogen-bond acceptors (Lipinski definition) is 5. The van der Waals surface area contributed by atoms with Gasteiger partial charge in [0.15, 0.2) is 0 Å². The number of nitrogens with zero attached hydrogens (tertiary/aromatic N) is 2. The SMILES string of the molecule is C#C.C#C.CC1CN(Cc2cccc(Cl)c2)CCN1.CCCC=C(Cc1cccc(Cc2cccc(C=O)c2)c1)SC.CCN(C)CC. The zero-order chi connectivity index (χ0) is 36.2. The van der Waals surface area contributed by atoms with Crippen molar-refractivity contribution >= 4 is 29.6 Å². The smallest absolute Gasteiger partial charge is 0.150 e. The van der Waals surface area contributed by atoms with Crippen molar-refractivity contribution in [3.63, 3.8) is 0 Å². The van der Waals surface area contributed by atoms with Crippen molar-refractivity contribution in [2.75, 3.05) is 46.0 Å². The van der Waals surface area contributed by atoms with Gasteiger partial charge in [-0.1, -0.05) is 99.5 Å². The molecule has 1 unspecified atom stereocenters. The molecule has 0 radical (unpaired) electrons. The fourth-order valence-electron chi connectivity index (χ4n) is 4.87. The Morgan fingerprint density at radius 1 is 0.938 bits per heavy atom. The van der Waals surface area contributed by atoms with Crippen molar-refractivity contribution in [1.82, 2.24) is 15.1 Å². The van der Waals surface area contributed by atoms with E-state index in [1.807, 2.05) is 48.2 Å². The number of piperazine rings is 1. The molecule has 1 saturated heterocycles. The van der Waals surface area contributed by atoms with Gasteiger partial charge in [0.2, 0.25) is 0 Å². The van der Waals surface area contributed by atoms with Crippen LogP contribution < -0.4 is 5.32 Å². The Morgan fingerprint density at radius 3 is 2.10 bits per heavy atom. The summed E-state index contributed by atoms with van der Waals surface area (Å²) in [6.45, 7) is 15.4. The van der Waals surface area contributed by atoms with Crippen LogP contribution >= 0.6 is 23.4 Å². The summed E-state index contributed by atoms with van der Waals surface area (Å²) < 4.78 is 0. The number of unbranched alkanes of at least 4 members (excludes halogenated alkanes) is 1. The van der Waals surface area contributed by atoms with Crippen molar-refractivity contribution in [2.45, 2.75) is 66.0 Å². The lowest BCUT2D eigenvalue weighted by atomic mass is 10.0. The topological polar surface area (TPSA) is 35.6 Å². The van der Waals surface area contributed by atoms with E-state index in [0.717, 1.165) is 75.4 Å². The van der Waals surface area contributed by atoms with E-state index in [9.17, 15) is 4.79 Å². The van der Waals surface area contributed by atoms with E-state index in [1.54, 1.807) is 0 Å². The molecule has 6 heteroatoms. The maximum atomic E-state index is 10.9. The first-order valence-electron chi connectivity index (χ1n) is 16.7. The van der Waals surface area contributed by atoms with Crippen molar-refractivity contribution in [2.24, 2.45) is 0 Å². The monoisotopic (exact) mass is 687 g/mol. The van der Waals surface area contributed by atoms with E-state index in [-0.39, 0.29) is 0 Å². The molecule has 260 valence electrons. The van der Waals surface area contributed by atoms with E-state index >= 15 is 0 Å². The number of allylic oxidation sites excluding steroid dienone is 2. The number of nitrogens with one attached hydrogen (secondary N) is 1. The minimum atomic E-state index is 0.595. The van der Waals surface area contributed by atoms with Gasteiger partial charge in [-0.2, -0.15) is 0 Å². The van der Waals surface area contributed by atoms with Crippen LogP contribution in [-0.4, -0.2) is 68.2 Å². The maximum Gasteiger partial charge on any atom is 0.150 e. The summed E-state index contributed by atoms with van der Waals surface area (Å²) in [7, 11) is 2.11. The van der Waals surface area contributed by atoms with Gasteiger partial charge >= 0.3 is 0 Å². The molecule has 4 rings (SSSR count).